The second-order valence-corrected chi connectivity index (χ2v) is 8.23. The first-order valence-corrected chi connectivity index (χ1v) is 8.97. The number of pyridine rings is 1. The summed E-state index contributed by atoms with van der Waals surface area (Å²) in [5, 5.41) is 3.79. The largest absolute Gasteiger partial charge is 0.397 e. The Kier molecular flexibility index (Phi) is 4.28. The van der Waals surface area contributed by atoms with Gasteiger partial charge in [-0.25, -0.2) is 9.97 Å². The van der Waals surface area contributed by atoms with E-state index in [1.807, 2.05) is 36.9 Å². The van der Waals surface area contributed by atoms with Crippen LogP contribution in [0.1, 0.15) is 54.9 Å². The van der Waals surface area contributed by atoms with E-state index < -0.39 is 0 Å². The van der Waals surface area contributed by atoms with Crippen molar-refractivity contribution in [3.05, 3.63) is 40.9 Å². The SMILES string of the molecule is CC(NC(=O)c1sc2nc(C(C)(C)C)ccc2c1N)c1nccn1C. The Bertz CT molecular complexity index is 935. The third-order valence-corrected chi connectivity index (χ3v) is 5.28. The Hall–Kier alpha value is -2.41. The number of aryl methyl sites for hydroxylation is 1. The molecule has 1 unspecified atom stereocenters. The number of carbonyl (C=O) groups is 1. The highest BCUT2D eigenvalue weighted by molar-refractivity contribution is 7.21. The number of rotatable bonds is 3. The standard InChI is InChI=1S/C18H23N5OS/c1-10(15-20-8-9-23(15)5)21-16(24)14-13(19)11-6-7-12(18(2,3)4)22-17(11)25-14/h6-10H,19H2,1-5H3,(H,21,24). The molecule has 0 aromatic carbocycles. The molecule has 1 amide bonds. The van der Waals surface area contributed by atoms with Crippen molar-refractivity contribution >= 4 is 33.1 Å². The molecular weight excluding hydrogens is 334 g/mol. The van der Waals surface area contributed by atoms with Crippen LogP contribution in [0.25, 0.3) is 10.2 Å². The summed E-state index contributed by atoms with van der Waals surface area (Å²) in [6.07, 6.45) is 3.56. The van der Waals surface area contributed by atoms with E-state index in [-0.39, 0.29) is 17.4 Å². The van der Waals surface area contributed by atoms with Gasteiger partial charge in [-0.15, -0.1) is 11.3 Å². The summed E-state index contributed by atoms with van der Waals surface area (Å²) in [6, 6.07) is 3.72. The van der Waals surface area contributed by atoms with Gasteiger partial charge < -0.3 is 15.6 Å². The number of hydrogen-bond acceptors (Lipinski definition) is 5. The number of nitrogens with zero attached hydrogens (tertiary/aromatic N) is 3. The summed E-state index contributed by atoms with van der Waals surface area (Å²) in [5.74, 6) is 0.592. The van der Waals surface area contributed by atoms with Crippen molar-refractivity contribution in [3.63, 3.8) is 0 Å². The molecule has 3 heterocycles. The van der Waals surface area contributed by atoms with Gasteiger partial charge >= 0.3 is 0 Å². The highest BCUT2D eigenvalue weighted by Crippen LogP contribution is 2.34. The fraction of sp³-hybridized carbons (Fsp3) is 0.389. The van der Waals surface area contributed by atoms with Crippen molar-refractivity contribution in [2.75, 3.05) is 5.73 Å². The zero-order valence-electron chi connectivity index (χ0n) is 15.1. The first-order valence-electron chi connectivity index (χ1n) is 8.16. The van der Waals surface area contributed by atoms with Crippen molar-refractivity contribution < 1.29 is 4.79 Å². The lowest BCUT2D eigenvalue weighted by atomic mass is 9.91. The predicted octanol–water partition coefficient (Wildman–Crippen LogP) is 3.40. The third kappa shape index (κ3) is 3.24. The lowest BCUT2D eigenvalue weighted by molar-refractivity contribution is 0.0943. The van der Waals surface area contributed by atoms with Crippen LogP contribution in [0, 0.1) is 0 Å². The smallest absolute Gasteiger partial charge is 0.264 e. The number of fused-ring (bicyclic) bond motifs is 1. The van der Waals surface area contributed by atoms with Crippen molar-refractivity contribution in [1.82, 2.24) is 19.9 Å². The van der Waals surface area contributed by atoms with Crippen LogP contribution in [-0.2, 0) is 12.5 Å². The number of hydrogen-bond donors (Lipinski definition) is 2. The van der Waals surface area contributed by atoms with Crippen LogP contribution in [0.2, 0.25) is 0 Å². The van der Waals surface area contributed by atoms with Crippen LogP contribution in [0.15, 0.2) is 24.5 Å². The molecule has 0 spiro atoms. The number of aromatic nitrogens is 3. The quantitative estimate of drug-likeness (QED) is 0.752. The average Bonchev–Trinajstić information content (AvgIpc) is 3.10. The van der Waals surface area contributed by atoms with Crippen LogP contribution in [0.3, 0.4) is 0 Å². The molecule has 7 heteroatoms. The van der Waals surface area contributed by atoms with E-state index in [1.165, 1.54) is 11.3 Å². The number of amides is 1. The van der Waals surface area contributed by atoms with E-state index in [0.717, 1.165) is 21.7 Å². The van der Waals surface area contributed by atoms with Gasteiger partial charge in [0, 0.05) is 35.9 Å². The number of nitrogens with one attached hydrogen (secondary N) is 1. The summed E-state index contributed by atoms with van der Waals surface area (Å²) < 4.78 is 1.89. The monoisotopic (exact) mass is 357 g/mol. The Morgan fingerprint density at radius 1 is 1.36 bits per heavy atom. The highest BCUT2D eigenvalue weighted by atomic mass is 32.1. The van der Waals surface area contributed by atoms with Crippen LogP contribution < -0.4 is 11.1 Å². The van der Waals surface area contributed by atoms with Gasteiger partial charge in [0.25, 0.3) is 5.91 Å². The van der Waals surface area contributed by atoms with Gasteiger partial charge in [-0.05, 0) is 19.1 Å². The van der Waals surface area contributed by atoms with Gasteiger partial charge in [-0.2, -0.15) is 0 Å². The van der Waals surface area contributed by atoms with Crippen molar-refractivity contribution in [1.29, 1.82) is 0 Å². The molecule has 1 atom stereocenters. The lowest BCUT2D eigenvalue weighted by Crippen LogP contribution is -2.28. The molecule has 6 nitrogen and oxygen atoms in total. The van der Waals surface area contributed by atoms with E-state index >= 15 is 0 Å². The molecule has 0 aliphatic rings. The first kappa shape index (κ1) is 17.4. The number of nitrogen functional groups attached to an aromatic ring is 1. The molecule has 0 bridgehead atoms. The lowest BCUT2D eigenvalue weighted by Gasteiger charge is -2.17. The highest BCUT2D eigenvalue weighted by Gasteiger charge is 2.22. The maximum absolute atomic E-state index is 12.7. The molecule has 0 saturated heterocycles. The Morgan fingerprint density at radius 3 is 2.68 bits per heavy atom. The van der Waals surface area contributed by atoms with Crippen LogP contribution in [0.4, 0.5) is 5.69 Å². The molecule has 3 aromatic heterocycles. The molecule has 3 N–H and O–H groups in total. The second-order valence-electron chi connectivity index (χ2n) is 7.24. The summed E-state index contributed by atoms with van der Waals surface area (Å²) in [7, 11) is 1.90. The van der Waals surface area contributed by atoms with Gasteiger partial charge in [0.2, 0.25) is 0 Å². The molecule has 0 saturated carbocycles. The predicted molar refractivity (Wildman–Crippen MR) is 102 cm³/mol. The van der Waals surface area contributed by atoms with Crippen LogP contribution in [-0.4, -0.2) is 20.4 Å². The van der Waals surface area contributed by atoms with E-state index in [1.54, 1.807) is 6.20 Å². The fourth-order valence-electron chi connectivity index (χ4n) is 2.70. The number of anilines is 1. The molecule has 25 heavy (non-hydrogen) atoms. The maximum Gasteiger partial charge on any atom is 0.264 e. The maximum atomic E-state index is 12.7. The first-order chi connectivity index (χ1) is 11.7. The molecule has 3 rings (SSSR count). The van der Waals surface area contributed by atoms with Crippen molar-refractivity contribution in [2.24, 2.45) is 7.05 Å². The minimum Gasteiger partial charge on any atom is -0.397 e. The Morgan fingerprint density at radius 2 is 2.08 bits per heavy atom. The minimum atomic E-state index is -0.213. The number of imidazole rings is 1. The van der Waals surface area contributed by atoms with Gasteiger partial charge in [-0.3, -0.25) is 4.79 Å². The summed E-state index contributed by atoms with van der Waals surface area (Å²) >= 11 is 1.33. The molecule has 0 aliphatic carbocycles. The second kappa shape index (κ2) is 6.15. The van der Waals surface area contributed by atoms with E-state index in [2.05, 4.69) is 31.1 Å². The number of thiophene rings is 1. The van der Waals surface area contributed by atoms with Gasteiger partial charge in [0.15, 0.2) is 0 Å². The fourth-order valence-corrected chi connectivity index (χ4v) is 3.70. The molecule has 0 fully saturated rings. The van der Waals surface area contributed by atoms with Gasteiger partial charge in [0.1, 0.15) is 15.5 Å². The van der Waals surface area contributed by atoms with E-state index in [4.69, 9.17) is 10.7 Å². The summed E-state index contributed by atoms with van der Waals surface area (Å²) in [5.41, 5.74) is 7.62. The summed E-state index contributed by atoms with van der Waals surface area (Å²) in [6.45, 7) is 8.24. The van der Waals surface area contributed by atoms with Crippen LogP contribution in [0.5, 0.6) is 0 Å². The molecule has 3 aromatic rings. The minimum absolute atomic E-state index is 0.0535. The molecular formula is C18H23N5OS. The number of nitrogens with two attached hydrogens (primary N) is 1. The molecule has 0 radical (unpaired) electrons. The topological polar surface area (TPSA) is 85.8 Å². The van der Waals surface area contributed by atoms with Gasteiger partial charge in [-0.1, -0.05) is 20.8 Å². The van der Waals surface area contributed by atoms with Gasteiger partial charge in [0.05, 0.1) is 11.7 Å². The zero-order chi connectivity index (χ0) is 18.4. The summed E-state index contributed by atoms with van der Waals surface area (Å²) in [4.78, 5) is 22.9. The van der Waals surface area contributed by atoms with E-state index in [0.29, 0.717) is 10.6 Å². The van der Waals surface area contributed by atoms with Crippen LogP contribution >= 0.6 is 11.3 Å². The van der Waals surface area contributed by atoms with E-state index in [9.17, 15) is 4.79 Å². The normalized spacial score (nSPS) is 13.2. The third-order valence-electron chi connectivity index (χ3n) is 4.16. The average molecular weight is 357 g/mol. The van der Waals surface area contributed by atoms with Crippen molar-refractivity contribution in [2.45, 2.75) is 39.2 Å². The van der Waals surface area contributed by atoms with Crippen molar-refractivity contribution in [3.8, 4) is 0 Å². The zero-order valence-corrected chi connectivity index (χ0v) is 15.9. The number of carbonyl (C=O) groups excluding carboxylic acids is 1. The Balaban J connectivity index is 1.91. The molecule has 132 valence electrons. The Labute approximate surface area is 151 Å². The molecule has 0 aliphatic heterocycles.